The second kappa shape index (κ2) is 3.05. The lowest BCUT2D eigenvalue weighted by atomic mass is 9.83. The summed E-state index contributed by atoms with van der Waals surface area (Å²) < 4.78 is 2.01. The number of aromatic amines is 1. The molecule has 1 N–H and O–H groups in total. The molecule has 1 aromatic heterocycles. The third-order valence-electron chi connectivity index (χ3n) is 2.83. The number of H-pyrrole nitrogens is 1. The van der Waals surface area contributed by atoms with Gasteiger partial charge in [-0.2, -0.15) is 0 Å². The molecule has 0 unspecified atom stereocenters. The third kappa shape index (κ3) is 1.43. The van der Waals surface area contributed by atoms with Gasteiger partial charge in [0.05, 0.1) is 0 Å². The molecular formula is C10H16N2O. The predicted octanol–water partition coefficient (Wildman–Crippen LogP) is 2.02. The molecule has 1 heterocycles. The Bertz CT molecular complexity index is 344. The van der Waals surface area contributed by atoms with Crippen molar-refractivity contribution in [3.05, 3.63) is 22.1 Å². The molecule has 0 saturated heterocycles. The molecule has 3 nitrogen and oxygen atoms in total. The monoisotopic (exact) mass is 180 g/mol. The van der Waals surface area contributed by atoms with Crippen molar-refractivity contribution in [1.29, 1.82) is 0 Å². The Morgan fingerprint density at radius 2 is 2.23 bits per heavy atom. The van der Waals surface area contributed by atoms with Crippen LogP contribution in [0.25, 0.3) is 0 Å². The Labute approximate surface area is 77.7 Å². The van der Waals surface area contributed by atoms with Gasteiger partial charge in [0.1, 0.15) is 0 Å². The molecule has 3 heteroatoms. The van der Waals surface area contributed by atoms with Crippen LogP contribution in [0.2, 0.25) is 0 Å². The average molecular weight is 180 g/mol. The van der Waals surface area contributed by atoms with E-state index in [0.717, 1.165) is 0 Å². The van der Waals surface area contributed by atoms with Crippen LogP contribution in [0.15, 0.2) is 10.9 Å². The molecule has 0 radical (unpaired) electrons. The van der Waals surface area contributed by atoms with Crippen molar-refractivity contribution < 1.29 is 0 Å². The molecule has 72 valence electrons. The van der Waals surface area contributed by atoms with Crippen molar-refractivity contribution in [2.75, 3.05) is 0 Å². The Balaban J connectivity index is 2.36. The normalized spacial score (nSPS) is 17.8. The van der Waals surface area contributed by atoms with Gasteiger partial charge in [-0.3, -0.25) is 14.6 Å². The van der Waals surface area contributed by atoms with E-state index in [0.29, 0.717) is 12.0 Å². The summed E-state index contributed by atoms with van der Waals surface area (Å²) in [5, 5.41) is 2.85. The summed E-state index contributed by atoms with van der Waals surface area (Å²) in [6.07, 6.45) is 3.79. The van der Waals surface area contributed by atoms with Crippen LogP contribution < -0.4 is 5.56 Å². The van der Waals surface area contributed by atoms with Crippen molar-refractivity contribution in [1.82, 2.24) is 9.78 Å². The number of hydrogen-bond donors (Lipinski definition) is 1. The minimum absolute atomic E-state index is 0.0376. The van der Waals surface area contributed by atoms with Gasteiger partial charge in [-0.15, -0.1) is 0 Å². The molecule has 1 aliphatic carbocycles. The van der Waals surface area contributed by atoms with E-state index in [1.807, 2.05) is 4.68 Å². The lowest BCUT2D eigenvalue weighted by Crippen LogP contribution is -2.16. The summed E-state index contributed by atoms with van der Waals surface area (Å²) >= 11 is 0. The van der Waals surface area contributed by atoms with Gasteiger partial charge in [-0.05, 0) is 26.7 Å². The van der Waals surface area contributed by atoms with Gasteiger partial charge < -0.3 is 0 Å². The van der Waals surface area contributed by atoms with Crippen molar-refractivity contribution in [2.45, 2.75) is 45.1 Å². The smallest absolute Gasteiger partial charge is 0.264 e. The fourth-order valence-electron chi connectivity index (χ4n) is 1.87. The number of rotatable bonds is 2. The zero-order chi connectivity index (χ0) is 9.42. The first-order chi connectivity index (χ1) is 6.18. The van der Waals surface area contributed by atoms with Gasteiger partial charge in [0, 0.05) is 23.7 Å². The SMILES string of the molecule is CC(C)n1[nH]c(=O)cc1C1CCC1. The summed E-state index contributed by atoms with van der Waals surface area (Å²) in [7, 11) is 0. The maximum Gasteiger partial charge on any atom is 0.264 e. The topological polar surface area (TPSA) is 37.8 Å². The molecule has 0 amide bonds. The van der Waals surface area contributed by atoms with Crippen LogP contribution in [0.4, 0.5) is 0 Å². The molecule has 0 aliphatic heterocycles. The van der Waals surface area contributed by atoms with Crippen LogP contribution in [-0.2, 0) is 0 Å². The molecule has 1 aromatic rings. The van der Waals surface area contributed by atoms with Gasteiger partial charge in [-0.25, -0.2) is 0 Å². The maximum absolute atomic E-state index is 11.2. The number of hydrogen-bond acceptors (Lipinski definition) is 1. The Kier molecular flexibility index (Phi) is 2.02. The standard InChI is InChI=1S/C10H16N2O/c1-7(2)12-9(6-10(13)11-12)8-4-3-5-8/h6-8H,3-5H2,1-2H3,(H,11,13). The maximum atomic E-state index is 11.2. The Hall–Kier alpha value is -0.990. The van der Waals surface area contributed by atoms with Gasteiger partial charge in [0.25, 0.3) is 5.56 Å². The summed E-state index contributed by atoms with van der Waals surface area (Å²) in [6, 6.07) is 2.11. The predicted molar refractivity (Wildman–Crippen MR) is 52.0 cm³/mol. The van der Waals surface area contributed by atoms with Gasteiger partial charge in [0.15, 0.2) is 0 Å². The van der Waals surface area contributed by atoms with E-state index in [9.17, 15) is 4.79 Å². The Morgan fingerprint density at radius 1 is 1.54 bits per heavy atom. The first kappa shape index (κ1) is 8.60. The molecule has 0 spiro atoms. The van der Waals surface area contributed by atoms with Crippen molar-refractivity contribution in [2.24, 2.45) is 0 Å². The average Bonchev–Trinajstić information content (AvgIpc) is 2.27. The highest BCUT2D eigenvalue weighted by atomic mass is 16.1. The lowest BCUT2D eigenvalue weighted by Gasteiger charge is -2.27. The van der Waals surface area contributed by atoms with Crippen molar-refractivity contribution in [3.63, 3.8) is 0 Å². The van der Waals surface area contributed by atoms with E-state index < -0.39 is 0 Å². The second-order valence-electron chi connectivity index (χ2n) is 4.14. The zero-order valence-electron chi connectivity index (χ0n) is 8.21. The van der Waals surface area contributed by atoms with E-state index in [1.54, 1.807) is 6.07 Å². The van der Waals surface area contributed by atoms with Crippen molar-refractivity contribution in [3.8, 4) is 0 Å². The summed E-state index contributed by atoms with van der Waals surface area (Å²) in [5.41, 5.74) is 1.24. The van der Waals surface area contributed by atoms with Crippen molar-refractivity contribution >= 4 is 0 Å². The highest BCUT2D eigenvalue weighted by molar-refractivity contribution is 5.11. The molecule has 1 aliphatic rings. The van der Waals surface area contributed by atoms with Gasteiger partial charge in [0.2, 0.25) is 0 Å². The zero-order valence-corrected chi connectivity index (χ0v) is 8.21. The van der Waals surface area contributed by atoms with E-state index in [1.165, 1.54) is 25.0 Å². The number of nitrogens with one attached hydrogen (secondary N) is 1. The lowest BCUT2D eigenvalue weighted by molar-refractivity contribution is 0.375. The summed E-state index contributed by atoms with van der Waals surface area (Å²) in [5.74, 6) is 0.626. The van der Waals surface area contributed by atoms with E-state index in [-0.39, 0.29) is 5.56 Å². The minimum Gasteiger partial charge on any atom is -0.286 e. The van der Waals surface area contributed by atoms with E-state index in [4.69, 9.17) is 0 Å². The van der Waals surface area contributed by atoms with Gasteiger partial charge in [-0.1, -0.05) is 6.42 Å². The fourth-order valence-corrected chi connectivity index (χ4v) is 1.87. The largest absolute Gasteiger partial charge is 0.286 e. The first-order valence-electron chi connectivity index (χ1n) is 5.00. The number of aromatic nitrogens is 2. The first-order valence-corrected chi connectivity index (χ1v) is 5.00. The molecular weight excluding hydrogens is 164 g/mol. The second-order valence-corrected chi connectivity index (χ2v) is 4.14. The Morgan fingerprint density at radius 3 is 2.69 bits per heavy atom. The van der Waals surface area contributed by atoms with Gasteiger partial charge >= 0.3 is 0 Å². The highest BCUT2D eigenvalue weighted by Crippen LogP contribution is 2.36. The van der Waals surface area contributed by atoms with Crippen LogP contribution in [0.1, 0.15) is 50.8 Å². The molecule has 0 atom stereocenters. The molecule has 1 saturated carbocycles. The van der Waals surface area contributed by atoms with E-state index in [2.05, 4.69) is 18.9 Å². The van der Waals surface area contributed by atoms with Crippen LogP contribution in [0.3, 0.4) is 0 Å². The van der Waals surface area contributed by atoms with Crippen LogP contribution >= 0.6 is 0 Å². The summed E-state index contributed by atoms with van der Waals surface area (Å²) in [6.45, 7) is 4.19. The third-order valence-corrected chi connectivity index (χ3v) is 2.83. The van der Waals surface area contributed by atoms with Crippen LogP contribution in [0, 0.1) is 0 Å². The fraction of sp³-hybridized carbons (Fsp3) is 0.700. The summed E-state index contributed by atoms with van der Waals surface area (Å²) in [4.78, 5) is 11.2. The molecule has 1 fully saturated rings. The molecule has 13 heavy (non-hydrogen) atoms. The van der Waals surface area contributed by atoms with Crippen LogP contribution in [-0.4, -0.2) is 9.78 Å². The van der Waals surface area contributed by atoms with E-state index >= 15 is 0 Å². The molecule has 2 rings (SSSR count). The minimum atomic E-state index is 0.0376. The molecule has 0 bridgehead atoms. The van der Waals surface area contributed by atoms with Crippen LogP contribution in [0.5, 0.6) is 0 Å². The quantitative estimate of drug-likeness (QED) is 0.743. The number of nitrogens with zero attached hydrogens (tertiary/aromatic N) is 1. The highest BCUT2D eigenvalue weighted by Gasteiger charge is 2.24. The molecule has 0 aromatic carbocycles.